The van der Waals surface area contributed by atoms with Crippen LogP contribution in [-0.4, -0.2) is 0 Å². The topological polar surface area (TPSA) is 34.5 Å². The van der Waals surface area contributed by atoms with Crippen molar-refractivity contribution in [1.29, 1.82) is 0 Å². The van der Waals surface area contributed by atoms with Crippen LogP contribution < -0.4 is 23.5 Å². The summed E-state index contributed by atoms with van der Waals surface area (Å²) in [7, 11) is 0. The molecule has 0 aliphatic heterocycles. The Morgan fingerprint density at radius 3 is 0.429 bits per heavy atom. The Hall–Kier alpha value is 0.974. The van der Waals surface area contributed by atoms with Gasteiger partial charge in [0, 0.05) is 0 Å². The van der Waals surface area contributed by atoms with Gasteiger partial charge in [-0.25, -0.2) is 0 Å². The Morgan fingerprint density at radius 2 is 0.429 bits per heavy atom. The molecule has 0 heterocycles. The summed E-state index contributed by atoms with van der Waals surface area (Å²) in [6.07, 6.45) is 0. The molecule has 0 spiro atoms. The van der Waals surface area contributed by atoms with Crippen molar-refractivity contribution in [3.05, 3.63) is 0 Å². The second-order valence-corrected chi connectivity index (χ2v) is 0. The zero-order chi connectivity index (χ0) is 0. The van der Waals surface area contributed by atoms with Gasteiger partial charge in [-0.3, -0.25) is 0 Å². The first-order valence-corrected chi connectivity index (χ1v) is 0. The van der Waals surface area contributed by atoms with Crippen molar-refractivity contribution in [2.24, 2.45) is 0 Å². The fourth-order valence-electron chi connectivity index (χ4n) is 0. The summed E-state index contributed by atoms with van der Waals surface area (Å²) in [6, 6.07) is 0. The molecule has 0 aromatic carbocycles. The monoisotopic (exact) mass is 256 g/mol. The van der Waals surface area contributed by atoms with E-state index in [0.717, 1.165) is 0 Å². The molecule has 0 saturated carbocycles. The van der Waals surface area contributed by atoms with Gasteiger partial charge in [-0.1, -0.05) is 0 Å². The van der Waals surface area contributed by atoms with Crippen molar-refractivity contribution in [2.75, 3.05) is 0 Å². The molecule has 0 amide bonds. The Labute approximate surface area is 69.9 Å². The van der Waals surface area contributed by atoms with E-state index >= 15 is 0 Å². The maximum Gasteiger partial charge on any atom is 3.00 e. The van der Waals surface area contributed by atoms with Crippen LogP contribution in [0.25, 0.3) is 0 Å². The third kappa shape index (κ3) is 182. The van der Waals surface area contributed by atoms with Crippen molar-refractivity contribution >= 4 is 0 Å². The average molecular weight is 256 g/mol. The van der Waals surface area contributed by atoms with Crippen LogP contribution in [0.2, 0.25) is 0 Å². The molecular weight excluding hydrogens is 252 g/mol. The average Bonchev–Trinajstić information content (AvgIpc) is 0. The number of halogens is 5. The van der Waals surface area contributed by atoms with Crippen LogP contribution in [0.3, 0.4) is 0 Å². The molecule has 7 heteroatoms. The summed E-state index contributed by atoms with van der Waals surface area (Å²) in [4.78, 5) is 0. The molecule has 0 aliphatic carbocycles. The molecule has 0 saturated heterocycles. The smallest absolute Gasteiger partial charge is 1.00 e. The van der Waals surface area contributed by atoms with Crippen LogP contribution in [0.5, 0.6) is 0 Å². The van der Waals surface area contributed by atoms with Gasteiger partial charge in [-0.15, -0.1) is 0 Å². The van der Waals surface area contributed by atoms with Crippen LogP contribution in [-0.2, 0) is 5.48 Å². The van der Waals surface area contributed by atoms with Gasteiger partial charge in [0.2, 0.25) is 0 Å². The van der Waals surface area contributed by atoms with Gasteiger partial charge >= 0.3 is 41.3 Å². The fourth-order valence-corrected chi connectivity index (χ4v) is 0. The van der Waals surface area contributed by atoms with E-state index in [4.69, 9.17) is 0 Å². The molecule has 0 unspecified atom stereocenters. The molecular formula is H4F5OPr. The first kappa shape index (κ1) is 409. The van der Waals surface area contributed by atoms with Crippen molar-refractivity contribution in [3.63, 3.8) is 0 Å². The molecule has 0 fully saturated rings. The van der Waals surface area contributed by atoms with Crippen LogP contribution in [0, 0.1) is 41.3 Å². The summed E-state index contributed by atoms with van der Waals surface area (Å²) in [5.41, 5.74) is 0. The minimum atomic E-state index is 0. The molecule has 48 valence electrons. The van der Waals surface area contributed by atoms with E-state index in [1.807, 2.05) is 0 Å². The van der Waals surface area contributed by atoms with Crippen LogP contribution >= 0.6 is 0 Å². The van der Waals surface area contributed by atoms with E-state index in [2.05, 4.69) is 0 Å². The molecule has 0 aromatic heterocycles. The predicted octanol–water partition coefficient (Wildman–Crippen LogP) is -16.2. The summed E-state index contributed by atoms with van der Waals surface area (Å²) in [6.45, 7) is 0. The molecule has 0 radical (unpaired) electrons. The number of hydrogen-bond acceptors (Lipinski definition) is 0. The Balaban J connectivity index is 0. The Morgan fingerprint density at radius 1 is 0.429 bits per heavy atom. The first-order chi connectivity index (χ1) is 0. The van der Waals surface area contributed by atoms with Gasteiger partial charge in [-0.05, 0) is 0 Å². The van der Waals surface area contributed by atoms with Crippen molar-refractivity contribution in [1.82, 2.24) is 0 Å². The maximum atomic E-state index is 0. The van der Waals surface area contributed by atoms with Crippen molar-refractivity contribution in [2.45, 2.75) is 0 Å². The summed E-state index contributed by atoms with van der Waals surface area (Å²) >= 11 is 0. The van der Waals surface area contributed by atoms with Crippen LogP contribution in [0.1, 0.15) is 0 Å². The molecule has 0 bridgehead atoms. The zero-order valence-corrected chi connectivity index (χ0v) is 6.88. The van der Waals surface area contributed by atoms with Gasteiger partial charge in [-0.2, -0.15) is 0 Å². The van der Waals surface area contributed by atoms with E-state index < -0.39 is 0 Å². The van der Waals surface area contributed by atoms with Crippen LogP contribution in [0.4, 0.5) is 0 Å². The SMILES string of the molecule is [F-].[F-].[F-].[F-].[F-].[OH4+2].[Pr+3]. The molecule has 0 atom stereocenters. The molecule has 1 nitrogen and oxygen atoms in total. The first-order valence-electron chi connectivity index (χ1n) is 0. The zero-order valence-electron chi connectivity index (χ0n) is 3.17. The largest absolute Gasteiger partial charge is 3.00 e. The molecule has 0 rings (SSSR count). The molecule has 0 aromatic rings. The van der Waals surface area contributed by atoms with E-state index in [9.17, 15) is 0 Å². The second kappa shape index (κ2) is 263. The van der Waals surface area contributed by atoms with E-state index in [0.29, 0.717) is 0 Å². The standard InChI is InChI=1S/5FH.H4O.Pr/h5*1H;1H4;/q;;;;;+2;+3/p-5. The minimum absolute atomic E-state index is 0. The quantitative estimate of drug-likeness (QED) is 0.386. The minimum Gasteiger partial charge on any atom is -1.00 e. The number of hydrogen-bond donors (Lipinski definition) is 0. The second-order valence-electron chi connectivity index (χ2n) is 0. The predicted molar refractivity (Wildman–Crippen MR) is 6.27 cm³/mol. The third-order valence-corrected chi connectivity index (χ3v) is 0. The normalized spacial score (nSPS) is 0. The number of rotatable bonds is 0. The van der Waals surface area contributed by atoms with Crippen LogP contribution in [0.15, 0.2) is 0 Å². The molecule has 7 heavy (non-hydrogen) atoms. The van der Waals surface area contributed by atoms with Crippen molar-refractivity contribution < 1.29 is 70.3 Å². The molecule has 0 aliphatic rings. The maximum absolute atomic E-state index is 0. The summed E-state index contributed by atoms with van der Waals surface area (Å²) in [5, 5.41) is 0. The van der Waals surface area contributed by atoms with Crippen molar-refractivity contribution in [3.8, 4) is 0 Å². The summed E-state index contributed by atoms with van der Waals surface area (Å²) in [5.74, 6) is 0. The van der Waals surface area contributed by atoms with Gasteiger partial charge < -0.3 is 29.0 Å². The van der Waals surface area contributed by atoms with Gasteiger partial charge in [0.1, 0.15) is 0 Å². The van der Waals surface area contributed by atoms with Gasteiger partial charge in [0.05, 0.1) is 0 Å². The summed E-state index contributed by atoms with van der Waals surface area (Å²) < 4.78 is 0. The Bertz CT molecular complexity index is 8.04. The van der Waals surface area contributed by atoms with Gasteiger partial charge in [0.15, 0.2) is 0 Å². The third-order valence-electron chi connectivity index (χ3n) is 0. The van der Waals surface area contributed by atoms with E-state index in [1.165, 1.54) is 0 Å². The van der Waals surface area contributed by atoms with E-state index in [1.54, 1.807) is 0 Å². The Kier molecular flexibility index (Phi) is 15300. The van der Waals surface area contributed by atoms with Gasteiger partial charge in [0.25, 0.3) is 0 Å². The fraction of sp³-hybridized carbons (Fsp3) is 0. The van der Waals surface area contributed by atoms with E-state index in [-0.39, 0.29) is 70.3 Å². The molecule has 4 N–H and O–H groups in total.